The van der Waals surface area contributed by atoms with Gasteiger partial charge < -0.3 is 9.88 Å². The SMILES string of the molecule is CCn1c(SCC(=O)NCCC#N)nc2cc(S(=O)(=O)N3CCCCC3)ccc21. The molecule has 0 bridgehead atoms. The van der Waals surface area contributed by atoms with Gasteiger partial charge in [0.25, 0.3) is 0 Å². The molecular weight excluding hydrogens is 410 g/mol. The fourth-order valence-electron chi connectivity index (χ4n) is 3.36. The molecule has 0 unspecified atom stereocenters. The van der Waals surface area contributed by atoms with Gasteiger partial charge in [-0.3, -0.25) is 4.79 Å². The lowest BCUT2D eigenvalue weighted by atomic mass is 10.2. The van der Waals surface area contributed by atoms with Crippen LogP contribution < -0.4 is 5.32 Å². The van der Waals surface area contributed by atoms with Gasteiger partial charge in [-0.1, -0.05) is 18.2 Å². The maximum absolute atomic E-state index is 12.9. The molecule has 8 nitrogen and oxygen atoms in total. The average molecular weight is 436 g/mol. The number of aromatic nitrogens is 2. The van der Waals surface area contributed by atoms with E-state index in [-0.39, 0.29) is 23.0 Å². The van der Waals surface area contributed by atoms with E-state index in [1.165, 1.54) is 11.8 Å². The number of sulfonamides is 1. The van der Waals surface area contributed by atoms with E-state index >= 15 is 0 Å². The maximum atomic E-state index is 12.9. The van der Waals surface area contributed by atoms with Crippen molar-refractivity contribution >= 4 is 38.7 Å². The molecular formula is C19H25N5O3S2. The number of nitrogens with one attached hydrogen (secondary N) is 1. The van der Waals surface area contributed by atoms with E-state index in [0.29, 0.717) is 36.9 Å². The van der Waals surface area contributed by atoms with E-state index in [9.17, 15) is 13.2 Å². The van der Waals surface area contributed by atoms with Gasteiger partial charge >= 0.3 is 0 Å². The Morgan fingerprint density at radius 1 is 1.31 bits per heavy atom. The lowest BCUT2D eigenvalue weighted by Crippen LogP contribution is -2.35. The Morgan fingerprint density at radius 2 is 2.07 bits per heavy atom. The van der Waals surface area contributed by atoms with E-state index in [4.69, 9.17) is 5.26 Å². The predicted molar refractivity (Wildman–Crippen MR) is 112 cm³/mol. The first-order valence-electron chi connectivity index (χ1n) is 9.74. The first-order valence-corrected chi connectivity index (χ1v) is 12.2. The summed E-state index contributed by atoms with van der Waals surface area (Å²) in [4.78, 5) is 16.7. The van der Waals surface area contributed by atoms with Crippen molar-refractivity contribution in [3.05, 3.63) is 18.2 Å². The number of piperidine rings is 1. The molecule has 2 aromatic rings. The van der Waals surface area contributed by atoms with Crippen LogP contribution in [0.3, 0.4) is 0 Å². The molecule has 1 aliphatic rings. The monoisotopic (exact) mass is 435 g/mol. The van der Waals surface area contributed by atoms with Gasteiger partial charge in [-0.2, -0.15) is 9.57 Å². The Labute approximate surface area is 175 Å². The summed E-state index contributed by atoms with van der Waals surface area (Å²) >= 11 is 1.30. The molecule has 1 aromatic carbocycles. The first kappa shape index (κ1) is 21.6. The van der Waals surface area contributed by atoms with Crippen LogP contribution in [0.1, 0.15) is 32.6 Å². The lowest BCUT2D eigenvalue weighted by molar-refractivity contribution is -0.118. The number of thioether (sulfide) groups is 1. The molecule has 1 aromatic heterocycles. The van der Waals surface area contributed by atoms with E-state index < -0.39 is 10.0 Å². The van der Waals surface area contributed by atoms with Crippen LogP contribution in [0, 0.1) is 11.3 Å². The molecule has 1 fully saturated rings. The van der Waals surface area contributed by atoms with Crippen molar-refractivity contribution in [1.29, 1.82) is 5.26 Å². The van der Waals surface area contributed by atoms with Gasteiger partial charge in [-0.15, -0.1) is 0 Å². The molecule has 0 spiro atoms. The Balaban J connectivity index is 1.81. The average Bonchev–Trinajstić information content (AvgIpc) is 3.09. The number of benzene rings is 1. The van der Waals surface area contributed by atoms with Crippen molar-refractivity contribution in [1.82, 2.24) is 19.2 Å². The number of nitrogens with zero attached hydrogens (tertiary/aromatic N) is 4. The second kappa shape index (κ2) is 9.61. The molecule has 29 heavy (non-hydrogen) atoms. The second-order valence-electron chi connectivity index (χ2n) is 6.80. The third kappa shape index (κ3) is 4.91. The summed E-state index contributed by atoms with van der Waals surface area (Å²) in [6.45, 7) is 4.10. The van der Waals surface area contributed by atoms with Crippen LogP contribution in [-0.2, 0) is 21.4 Å². The van der Waals surface area contributed by atoms with Crippen molar-refractivity contribution < 1.29 is 13.2 Å². The number of hydrogen-bond acceptors (Lipinski definition) is 6. The molecule has 0 saturated carbocycles. The standard InChI is InChI=1S/C19H25N5O3S2/c1-2-24-17-8-7-15(29(26,27)23-11-4-3-5-12-23)13-16(17)22-19(24)28-14-18(25)21-10-6-9-20/h7-8,13H,2-6,10-12,14H2,1H3,(H,21,25). The molecule has 0 atom stereocenters. The van der Waals surface area contributed by atoms with Gasteiger partial charge in [0.05, 0.1) is 34.2 Å². The quantitative estimate of drug-likeness (QED) is 0.504. The molecule has 3 rings (SSSR count). The maximum Gasteiger partial charge on any atom is 0.243 e. The number of nitriles is 1. The number of aryl methyl sites for hydroxylation is 1. The van der Waals surface area contributed by atoms with Gasteiger partial charge in [-0.25, -0.2) is 13.4 Å². The minimum Gasteiger partial charge on any atom is -0.354 e. The Bertz CT molecular complexity index is 1020. The molecule has 1 amide bonds. The van der Waals surface area contributed by atoms with Gasteiger partial charge in [0.2, 0.25) is 15.9 Å². The Hall–Kier alpha value is -2.09. The van der Waals surface area contributed by atoms with Crippen LogP contribution in [0.25, 0.3) is 11.0 Å². The third-order valence-corrected chi connectivity index (χ3v) is 7.72. The van der Waals surface area contributed by atoms with Crippen LogP contribution in [0.4, 0.5) is 0 Å². The fraction of sp³-hybridized carbons (Fsp3) is 0.526. The van der Waals surface area contributed by atoms with Gasteiger partial charge in [0, 0.05) is 26.2 Å². The highest BCUT2D eigenvalue weighted by atomic mass is 32.2. The van der Waals surface area contributed by atoms with Gasteiger partial charge in [-0.05, 0) is 38.0 Å². The number of rotatable bonds is 8. The van der Waals surface area contributed by atoms with Crippen molar-refractivity contribution in [3.63, 3.8) is 0 Å². The van der Waals surface area contributed by atoms with Crippen molar-refractivity contribution in [2.45, 2.75) is 49.2 Å². The molecule has 2 heterocycles. The van der Waals surface area contributed by atoms with Crippen LogP contribution >= 0.6 is 11.8 Å². The summed E-state index contributed by atoms with van der Waals surface area (Å²) < 4.78 is 29.4. The van der Waals surface area contributed by atoms with Crippen molar-refractivity contribution in [3.8, 4) is 6.07 Å². The fourth-order valence-corrected chi connectivity index (χ4v) is 5.80. The molecule has 0 radical (unpaired) electrons. The highest BCUT2D eigenvalue weighted by molar-refractivity contribution is 7.99. The molecule has 10 heteroatoms. The van der Waals surface area contributed by atoms with Crippen molar-refractivity contribution in [2.75, 3.05) is 25.4 Å². The molecule has 0 aliphatic carbocycles. The normalized spacial score (nSPS) is 15.3. The summed E-state index contributed by atoms with van der Waals surface area (Å²) in [7, 11) is -3.52. The molecule has 1 aliphatic heterocycles. The van der Waals surface area contributed by atoms with E-state index in [1.54, 1.807) is 22.5 Å². The number of fused-ring (bicyclic) bond motifs is 1. The summed E-state index contributed by atoms with van der Waals surface area (Å²) in [6.07, 6.45) is 3.13. The zero-order chi connectivity index (χ0) is 20.9. The van der Waals surface area contributed by atoms with E-state index in [1.807, 2.05) is 17.6 Å². The number of imidazole rings is 1. The highest BCUT2D eigenvalue weighted by Crippen LogP contribution is 2.28. The number of carbonyl (C=O) groups is 1. The van der Waals surface area contributed by atoms with Crippen molar-refractivity contribution in [2.24, 2.45) is 0 Å². The van der Waals surface area contributed by atoms with Gasteiger partial charge in [0.1, 0.15) is 0 Å². The predicted octanol–water partition coefficient (Wildman–Crippen LogP) is 2.35. The third-order valence-electron chi connectivity index (χ3n) is 4.85. The van der Waals surface area contributed by atoms with Crippen LogP contribution in [0.2, 0.25) is 0 Å². The summed E-state index contributed by atoms with van der Waals surface area (Å²) in [5.74, 6) is 0.0292. The summed E-state index contributed by atoms with van der Waals surface area (Å²) in [5.41, 5.74) is 1.45. The summed E-state index contributed by atoms with van der Waals surface area (Å²) in [5, 5.41) is 11.9. The zero-order valence-electron chi connectivity index (χ0n) is 16.4. The molecule has 1 saturated heterocycles. The number of carbonyl (C=O) groups excluding carboxylic acids is 1. The highest BCUT2D eigenvalue weighted by Gasteiger charge is 2.26. The lowest BCUT2D eigenvalue weighted by Gasteiger charge is -2.25. The van der Waals surface area contributed by atoms with Gasteiger partial charge in [0.15, 0.2) is 5.16 Å². The number of hydrogen-bond donors (Lipinski definition) is 1. The first-order chi connectivity index (χ1) is 14.0. The second-order valence-corrected chi connectivity index (χ2v) is 9.68. The molecule has 156 valence electrons. The topological polar surface area (TPSA) is 108 Å². The minimum atomic E-state index is -3.52. The minimum absolute atomic E-state index is 0.159. The van der Waals surface area contributed by atoms with E-state index in [0.717, 1.165) is 24.8 Å². The largest absolute Gasteiger partial charge is 0.354 e. The Kier molecular flexibility index (Phi) is 7.16. The van der Waals surface area contributed by atoms with E-state index in [2.05, 4.69) is 10.3 Å². The molecule has 1 N–H and O–H groups in total. The zero-order valence-corrected chi connectivity index (χ0v) is 18.1. The smallest absolute Gasteiger partial charge is 0.243 e. The number of amides is 1. The summed E-state index contributed by atoms with van der Waals surface area (Å²) in [6, 6.07) is 7.04. The van der Waals surface area contributed by atoms with Crippen LogP contribution in [0.15, 0.2) is 28.3 Å². The van der Waals surface area contributed by atoms with Crippen LogP contribution in [-0.4, -0.2) is 53.6 Å². The Morgan fingerprint density at radius 3 is 2.76 bits per heavy atom. The van der Waals surface area contributed by atoms with Crippen LogP contribution in [0.5, 0.6) is 0 Å².